The molecule has 0 aliphatic rings. The summed E-state index contributed by atoms with van der Waals surface area (Å²) in [5.74, 6) is -13.4. The first-order valence-electron chi connectivity index (χ1n) is 6.51. The Morgan fingerprint density at radius 3 is 1.79 bits per heavy atom. The summed E-state index contributed by atoms with van der Waals surface area (Å²) in [5, 5.41) is 94.7. The number of hydrogen-bond acceptors (Lipinski definition) is 12. The van der Waals surface area contributed by atoms with Crippen LogP contribution in [0, 0.1) is 6.92 Å². The number of aliphatic hydroxyl groups is 10. The van der Waals surface area contributed by atoms with Crippen LogP contribution in [-0.2, 0) is 0 Å². The van der Waals surface area contributed by atoms with Gasteiger partial charge in [0.2, 0.25) is 0 Å². The van der Waals surface area contributed by atoms with Crippen molar-refractivity contribution in [3.05, 3.63) is 29.6 Å². The minimum Gasteiger partial charge on any atom is -0.387 e. The average molecular weight is 352 g/mol. The van der Waals surface area contributed by atoms with Crippen LogP contribution in [0.25, 0.3) is 0 Å². The Balaban J connectivity index is 3.23. The van der Waals surface area contributed by atoms with Gasteiger partial charge in [-0.15, -0.1) is 0 Å². The molecule has 12 heteroatoms. The van der Waals surface area contributed by atoms with Gasteiger partial charge in [0.1, 0.15) is 0 Å². The predicted molar refractivity (Wildman–Crippen MR) is 72.8 cm³/mol. The van der Waals surface area contributed by atoms with E-state index in [1.165, 1.54) is 25.3 Å². The number of aryl methyl sites for hydroxylation is 1. The van der Waals surface area contributed by atoms with E-state index < -0.39 is 36.1 Å². The summed E-state index contributed by atoms with van der Waals surface area (Å²) in [4.78, 5) is 3.86. The van der Waals surface area contributed by atoms with E-state index in [1.54, 1.807) is 5.32 Å². The Bertz CT molecular complexity index is 524. The van der Waals surface area contributed by atoms with Crippen molar-refractivity contribution in [1.29, 1.82) is 0 Å². The van der Waals surface area contributed by atoms with Crippen molar-refractivity contribution in [2.24, 2.45) is 0 Å². The number of aromatic nitrogens is 1. The Morgan fingerprint density at radius 2 is 1.42 bits per heavy atom. The van der Waals surface area contributed by atoms with Crippen molar-refractivity contribution in [1.82, 2.24) is 10.3 Å². The number of rotatable bonds is 7. The summed E-state index contributed by atoms with van der Waals surface area (Å²) < 4.78 is 0. The molecule has 1 heterocycles. The Labute approximate surface area is 135 Å². The van der Waals surface area contributed by atoms with Crippen LogP contribution in [0.4, 0.5) is 0 Å². The molecule has 1 rings (SSSR count). The van der Waals surface area contributed by atoms with Gasteiger partial charge in [-0.25, -0.2) is 0 Å². The summed E-state index contributed by atoms with van der Waals surface area (Å²) in [6.07, 6.45) is -0.158. The highest BCUT2D eigenvalue weighted by atomic mass is 16.8. The zero-order valence-corrected chi connectivity index (χ0v) is 12.4. The molecule has 1 aromatic heterocycles. The first-order valence-corrected chi connectivity index (χ1v) is 6.51. The van der Waals surface area contributed by atoms with E-state index in [4.69, 9.17) is 0 Å². The van der Waals surface area contributed by atoms with Crippen molar-refractivity contribution in [2.45, 2.75) is 36.5 Å². The van der Waals surface area contributed by atoms with Gasteiger partial charge in [-0.2, -0.15) is 0 Å². The third-order valence-electron chi connectivity index (χ3n) is 3.48. The lowest BCUT2D eigenvalue weighted by atomic mass is 9.88. The van der Waals surface area contributed by atoms with Crippen molar-refractivity contribution in [3.8, 4) is 0 Å². The molecule has 1 aromatic rings. The fourth-order valence-electron chi connectivity index (χ4n) is 2.24. The molecule has 0 aliphatic carbocycles. The van der Waals surface area contributed by atoms with Gasteiger partial charge in [-0.3, -0.25) is 10.3 Å². The number of pyridine rings is 1. The van der Waals surface area contributed by atoms with Crippen LogP contribution in [0.1, 0.15) is 17.4 Å². The van der Waals surface area contributed by atoms with Crippen molar-refractivity contribution >= 4 is 0 Å². The molecule has 0 aromatic carbocycles. The summed E-state index contributed by atoms with van der Waals surface area (Å²) in [6, 6.07) is 2.84. The summed E-state index contributed by atoms with van der Waals surface area (Å²) >= 11 is 0. The lowest BCUT2D eigenvalue weighted by Crippen LogP contribution is -2.84. The van der Waals surface area contributed by atoms with Gasteiger partial charge in [-0.1, -0.05) is 6.07 Å². The topological polar surface area (TPSA) is 227 Å². The number of aliphatic hydroxyl groups excluding tert-OH is 1. The van der Waals surface area contributed by atoms with Gasteiger partial charge in [0.05, 0.1) is 6.10 Å². The quantitative estimate of drug-likeness (QED) is 0.207. The Kier molecular flexibility index (Phi) is 5.66. The molecule has 24 heavy (non-hydrogen) atoms. The van der Waals surface area contributed by atoms with E-state index in [9.17, 15) is 51.1 Å². The van der Waals surface area contributed by atoms with E-state index in [0.29, 0.717) is 5.69 Å². The average Bonchev–Trinajstić information content (AvgIpc) is 2.34. The van der Waals surface area contributed by atoms with Gasteiger partial charge in [0.15, 0.2) is 0 Å². The SMILES string of the molecule is Cc1ncccc1C(O)CNC(C(O)(O)O)(C(O)(O)O)C(O)(O)O. The molecule has 0 saturated heterocycles. The molecule has 0 aliphatic heterocycles. The lowest BCUT2D eigenvalue weighted by molar-refractivity contribution is -0.531. The van der Waals surface area contributed by atoms with E-state index in [-0.39, 0.29) is 5.56 Å². The fourth-order valence-corrected chi connectivity index (χ4v) is 2.24. The second-order valence-corrected chi connectivity index (χ2v) is 5.23. The summed E-state index contributed by atoms with van der Waals surface area (Å²) in [6.45, 7) is 0.575. The van der Waals surface area contributed by atoms with Gasteiger partial charge < -0.3 is 51.1 Å². The van der Waals surface area contributed by atoms with Crippen LogP contribution in [0.3, 0.4) is 0 Å². The highest BCUT2D eigenvalue weighted by molar-refractivity contribution is 5.21. The second kappa shape index (κ2) is 6.55. The molecule has 1 atom stereocenters. The molecule has 0 saturated carbocycles. The molecule has 0 radical (unpaired) electrons. The molecular formula is C12H20N2O10. The lowest BCUT2D eigenvalue weighted by Gasteiger charge is -2.48. The number of nitrogens with zero attached hydrogens (tertiary/aromatic N) is 1. The number of nitrogens with one attached hydrogen (secondary N) is 1. The monoisotopic (exact) mass is 352 g/mol. The maximum atomic E-state index is 10.0. The molecular weight excluding hydrogens is 332 g/mol. The normalized spacial score (nSPS) is 15.5. The van der Waals surface area contributed by atoms with Crippen LogP contribution in [0.2, 0.25) is 0 Å². The highest BCUT2D eigenvalue weighted by Crippen LogP contribution is 2.35. The van der Waals surface area contributed by atoms with Gasteiger partial charge in [-0.05, 0) is 13.0 Å². The van der Waals surface area contributed by atoms with Crippen molar-refractivity contribution < 1.29 is 51.1 Å². The van der Waals surface area contributed by atoms with E-state index >= 15 is 0 Å². The molecule has 138 valence electrons. The number of hydrogen-bond donors (Lipinski definition) is 11. The van der Waals surface area contributed by atoms with Gasteiger partial charge in [0.25, 0.3) is 5.54 Å². The predicted octanol–water partition coefficient (Wildman–Crippen LogP) is -5.36. The fraction of sp³-hybridized carbons (Fsp3) is 0.583. The zero-order chi connectivity index (χ0) is 19.0. The molecule has 0 bridgehead atoms. The van der Waals surface area contributed by atoms with Crippen LogP contribution in [-0.4, -0.2) is 86.1 Å². The largest absolute Gasteiger partial charge is 0.387 e. The molecule has 1 unspecified atom stereocenters. The maximum Gasteiger partial charge on any atom is 0.311 e. The number of β-amino-alcohol motifs (C(OH)–C–C–N with tert-alkyl or cyclic N) is 1. The molecule has 0 fully saturated rings. The van der Waals surface area contributed by atoms with Crippen LogP contribution >= 0.6 is 0 Å². The maximum absolute atomic E-state index is 10.0. The minimum atomic E-state index is -4.48. The molecule has 11 N–H and O–H groups in total. The Hall–Kier alpha value is -1.29. The molecule has 0 amide bonds. The van der Waals surface area contributed by atoms with E-state index in [2.05, 4.69) is 4.98 Å². The van der Waals surface area contributed by atoms with E-state index in [0.717, 1.165) is 0 Å². The van der Waals surface area contributed by atoms with Crippen molar-refractivity contribution in [2.75, 3.05) is 6.54 Å². The summed E-state index contributed by atoms with van der Waals surface area (Å²) in [5.41, 5.74) is -3.67. The third kappa shape index (κ3) is 3.69. The first kappa shape index (κ1) is 20.8. The van der Waals surface area contributed by atoms with Gasteiger partial charge in [0, 0.05) is 24.0 Å². The van der Waals surface area contributed by atoms with Gasteiger partial charge >= 0.3 is 17.9 Å². The van der Waals surface area contributed by atoms with E-state index in [1.807, 2.05) is 0 Å². The summed E-state index contributed by atoms with van der Waals surface area (Å²) in [7, 11) is 0. The highest BCUT2D eigenvalue weighted by Gasteiger charge is 2.74. The van der Waals surface area contributed by atoms with Crippen LogP contribution in [0.5, 0.6) is 0 Å². The zero-order valence-electron chi connectivity index (χ0n) is 12.4. The second-order valence-electron chi connectivity index (χ2n) is 5.23. The smallest absolute Gasteiger partial charge is 0.311 e. The first-order chi connectivity index (χ1) is 10.6. The Morgan fingerprint density at radius 1 is 0.958 bits per heavy atom. The minimum absolute atomic E-state index is 0.164. The molecule has 12 nitrogen and oxygen atoms in total. The third-order valence-corrected chi connectivity index (χ3v) is 3.48. The van der Waals surface area contributed by atoms with Crippen molar-refractivity contribution in [3.63, 3.8) is 0 Å². The van der Waals surface area contributed by atoms with Crippen LogP contribution < -0.4 is 5.32 Å². The van der Waals surface area contributed by atoms with Crippen LogP contribution in [0.15, 0.2) is 18.3 Å². The standard InChI is InChI=1S/C12H20N2O10/c1-6-7(3-2-4-13-6)8(15)5-14-9(10(16,17)18,11(19,20)21)12(22,23)24/h2-4,8,14-24H,5H2,1H3. The molecule has 0 spiro atoms.